The van der Waals surface area contributed by atoms with Crippen molar-refractivity contribution in [3.8, 4) is 0 Å². The summed E-state index contributed by atoms with van der Waals surface area (Å²) in [4.78, 5) is 28.3. The molecule has 2 amide bonds. The van der Waals surface area contributed by atoms with Crippen molar-refractivity contribution >= 4 is 35.0 Å². The average molecular weight is 287 g/mol. The van der Waals surface area contributed by atoms with Gasteiger partial charge in [-0.2, -0.15) is 0 Å². The van der Waals surface area contributed by atoms with E-state index in [1.807, 2.05) is 18.4 Å². The van der Waals surface area contributed by atoms with Gasteiger partial charge in [0.1, 0.15) is 0 Å². The largest absolute Gasteiger partial charge is 0.318 e. The summed E-state index contributed by atoms with van der Waals surface area (Å²) >= 11 is 1.56. The molecule has 1 aromatic carbocycles. The minimum Gasteiger partial charge on any atom is -0.318 e. The number of anilines is 2. The zero-order valence-electron chi connectivity index (χ0n) is 10.8. The highest BCUT2D eigenvalue weighted by molar-refractivity contribution is 7.98. The van der Waals surface area contributed by atoms with Gasteiger partial charge in [-0.1, -0.05) is 6.07 Å². The van der Waals surface area contributed by atoms with Crippen LogP contribution in [0.2, 0.25) is 0 Å². The second-order valence-electron chi connectivity index (χ2n) is 3.88. The zero-order chi connectivity index (χ0) is 14.4. The molecular formula is C14H13N3O2S. The quantitative estimate of drug-likeness (QED) is 0.671. The fourth-order valence-electron chi connectivity index (χ4n) is 1.51. The van der Waals surface area contributed by atoms with E-state index in [0.29, 0.717) is 11.4 Å². The maximum atomic E-state index is 11.8. The number of carbonyl (C=O) groups excluding carboxylic acids is 2. The first-order valence-corrected chi connectivity index (χ1v) is 7.08. The van der Waals surface area contributed by atoms with Gasteiger partial charge >= 0.3 is 11.8 Å². The third kappa shape index (κ3) is 3.83. The number of hydrogen-bond acceptors (Lipinski definition) is 4. The van der Waals surface area contributed by atoms with Crippen LogP contribution in [0.15, 0.2) is 53.7 Å². The van der Waals surface area contributed by atoms with Crippen LogP contribution in [0.3, 0.4) is 0 Å². The first kappa shape index (κ1) is 14.1. The van der Waals surface area contributed by atoms with Crippen molar-refractivity contribution in [3.05, 3.63) is 48.8 Å². The molecule has 0 aliphatic heterocycles. The predicted molar refractivity (Wildman–Crippen MR) is 79.7 cm³/mol. The lowest BCUT2D eigenvalue weighted by Crippen LogP contribution is -2.29. The number of pyridine rings is 1. The molecule has 5 nitrogen and oxygen atoms in total. The molecule has 0 saturated carbocycles. The SMILES string of the molecule is CSc1cccc(NC(=O)C(=O)Nc2cccnc2)c1. The van der Waals surface area contributed by atoms with Crippen LogP contribution >= 0.6 is 11.8 Å². The molecule has 0 bridgehead atoms. The number of amides is 2. The summed E-state index contributed by atoms with van der Waals surface area (Å²) in [6.07, 6.45) is 5.00. The molecule has 2 N–H and O–H groups in total. The minimum atomic E-state index is -0.729. The molecule has 102 valence electrons. The van der Waals surface area contributed by atoms with Crippen molar-refractivity contribution in [1.29, 1.82) is 0 Å². The molecule has 0 spiro atoms. The molecule has 0 fully saturated rings. The molecule has 0 unspecified atom stereocenters. The molecule has 2 rings (SSSR count). The number of benzene rings is 1. The fraction of sp³-hybridized carbons (Fsp3) is 0.0714. The molecule has 0 atom stereocenters. The number of hydrogen-bond donors (Lipinski definition) is 2. The van der Waals surface area contributed by atoms with E-state index in [-0.39, 0.29) is 0 Å². The molecule has 20 heavy (non-hydrogen) atoms. The van der Waals surface area contributed by atoms with Gasteiger partial charge in [-0.3, -0.25) is 14.6 Å². The van der Waals surface area contributed by atoms with Crippen molar-refractivity contribution in [2.45, 2.75) is 4.90 Å². The summed E-state index contributed by atoms with van der Waals surface area (Å²) in [5, 5.41) is 5.02. The van der Waals surface area contributed by atoms with E-state index in [9.17, 15) is 9.59 Å². The number of nitrogens with one attached hydrogen (secondary N) is 2. The van der Waals surface area contributed by atoms with Gasteiger partial charge in [0, 0.05) is 16.8 Å². The van der Waals surface area contributed by atoms with E-state index >= 15 is 0 Å². The lowest BCUT2D eigenvalue weighted by atomic mass is 10.3. The number of thioether (sulfide) groups is 1. The van der Waals surface area contributed by atoms with Crippen LogP contribution in [0.1, 0.15) is 0 Å². The molecule has 6 heteroatoms. The Morgan fingerprint density at radius 3 is 2.40 bits per heavy atom. The van der Waals surface area contributed by atoms with E-state index in [4.69, 9.17) is 0 Å². The Kier molecular flexibility index (Phi) is 4.73. The van der Waals surface area contributed by atoms with Crippen molar-refractivity contribution in [2.75, 3.05) is 16.9 Å². The van der Waals surface area contributed by atoms with Gasteiger partial charge in [0.25, 0.3) is 0 Å². The number of nitrogens with zero attached hydrogens (tertiary/aromatic N) is 1. The standard InChI is InChI=1S/C14H13N3O2S/c1-20-12-6-2-4-10(8-12)16-13(18)14(19)17-11-5-3-7-15-9-11/h2-9H,1H3,(H,16,18)(H,17,19). The highest BCUT2D eigenvalue weighted by Gasteiger charge is 2.14. The van der Waals surface area contributed by atoms with Crippen LogP contribution in [0.25, 0.3) is 0 Å². The third-order valence-electron chi connectivity index (χ3n) is 2.45. The molecule has 2 aromatic rings. The second-order valence-corrected chi connectivity index (χ2v) is 4.76. The van der Waals surface area contributed by atoms with E-state index < -0.39 is 11.8 Å². The van der Waals surface area contributed by atoms with Gasteiger partial charge in [-0.25, -0.2) is 0 Å². The molecule has 0 aliphatic rings. The van der Waals surface area contributed by atoms with Crippen LogP contribution in [-0.4, -0.2) is 23.1 Å². The summed E-state index contributed by atoms with van der Waals surface area (Å²) in [6.45, 7) is 0. The van der Waals surface area contributed by atoms with Crippen LogP contribution in [0, 0.1) is 0 Å². The molecule has 0 radical (unpaired) electrons. The van der Waals surface area contributed by atoms with Crippen LogP contribution in [0.4, 0.5) is 11.4 Å². The molecule has 0 aliphatic carbocycles. The first-order valence-electron chi connectivity index (χ1n) is 5.85. The van der Waals surface area contributed by atoms with Crippen LogP contribution in [-0.2, 0) is 9.59 Å². The first-order chi connectivity index (χ1) is 9.69. The number of carbonyl (C=O) groups is 2. The minimum absolute atomic E-state index is 0.477. The highest BCUT2D eigenvalue weighted by Crippen LogP contribution is 2.18. The van der Waals surface area contributed by atoms with Crippen molar-refractivity contribution in [1.82, 2.24) is 4.98 Å². The lowest BCUT2D eigenvalue weighted by molar-refractivity contribution is -0.133. The van der Waals surface area contributed by atoms with Gasteiger partial charge in [0.2, 0.25) is 0 Å². The van der Waals surface area contributed by atoms with Gasteiger partial charge in [-0.15, -0.1) is 11.8 Å². The monoisotopic (exact) mass is 287 g/mol. The third-order valence-corrected chi connectivity index (χ3v) is 3.18. The van der Waals surface area contributed by atoms with Gasteiger partial charge in [0.05, 0.1) is 11.9 Å². The Labute approximate surface area is 120 Å². The number of rotatable bonds is 3. The predicted octanol–water partition coefficient (Wildman–Crippen LogP) is 2.38. The van der Waals surface area contributed by atoms with E-state index in [0.717, 1.165) is 4.90 Å². The Morgan fingerprint density at radius 2 is 1.75 bits per heavy atom. The number of aromatic nitrogens is 1. The Bertz CT molecular complexity index is 617. The molecular weight excluding hydrogens is 274 g/mol. The smallest absolute Gasteiger partial charge is 0.314 e. The average Bonchev–Trinajstić information content (AvgIpc) is 2.48. The van der Waals surface area contributed by atoms with Gasteiger partial charge < -0.3 is 10.6 Å². The Balaban J connectivity index is 1.99. The molecule has 1 heterocycles. The Hall–Kier alpha value is -2.34. The molecule has 1 aromatic heterocycles. The summed E-state index contributed by atoms with van der Waals surface area (Å²) in [7, 11) is 0. The topological polar surface area (TPSA) is 71.1 Å². The van der Waals surface area contributed by atoms with Crippen LogP contribution in [0.5, 0.6) is 0 Å². The van der Waals surface area contributed by atoms with Gasteiger partial charge in [0.15, 0.2) is 0 Å². The summed E-state index contributed by atoms with van der Waals surface area (Å²) in [5.74, 6) is -1.44. The highest BCUT2D eigenvalue weighted by atomic mass is 32.2. The molecule has 0 saturated heterocycles. The summed E-state index contributed by atoms with van der Waals surface area (Å²) in [6, 6.07) is 10.6. The van der Waals surface area contributed by atoms with Gasteiger partial charge in [-0.05, 0) is 36.6 Å². The van der Waals surface area contributed by atoms with Crippen molar-refractivity contribution < 1.29 is 9.59 Å². The van der Waals surface area contributed by atoms with E-state index in [2.05, 4.69) is 15.6 Å². The van der Waals surface area contributed by atoms with E-state index in [1.165, 1.54) is 6.20 Å². The normalized spacial score (nSPS) is 9.85. The maximum absolute atomic E-state index is 11.8. The zero-order valence-corrected chi connectivity index (χ0v) is 11.6. The lowest BCUT2D eigenvalue weighted by Gasteiger charge is -2.07. The summed E-state index contributed by atoms with van der Waals surface area (Å²) in [5.41, 5.74) is 1.06. The van der Waals surface area contributed by atoms with Crippen molar-refractivity contribution in [2.24, 2.45) is 0 Å². The summed E-state index contributed by atoms with van der Waals surface area (Å²) < 4.78 is 0. The Morgan fingerprint density at radius 1 is 1.05 bits per heavy atom. The fourth-order valence-corrected chi connectivity index (χ4v) is 1.97. The van der Waals surface area contributed by atoms with Crippen LogP contribution < -0.4 is 10.6 Å². The van der Waals surface area contributed by atoms with E-state index in [1.54, 1.807) is 42.2 Å². The maximum Gasteiger partial charge on any atom is 0.314 e. The second kappa shape index (κ2) is 6.72. The van der Waals surface area contributed by atoms with Crippen molar-refractivity contribution in [3.63, 3.8) is 0 Å².